The number of furan rings is 1. The third kappa shape index (κ3) is 4.66. The zero-order valence-corrected chi connectivity index (χ0v) is 15.3. The average Bonchev–Trinajstić information content (AvgIpc) is 3.16. The number of para-hydroxylation sites is 1. The molecule has 1 amide bonds. The molecule has 0 aliphatic heterocycles. The summed E-state index contributed by atoms with van der Waals surface area (Å²) in [6.07, 6.45) is 2.56. The highest BCUT2D eigenvalue weighted by atomic mass is 35.5. The molecule has 3 aromatic rings. The number of benzene rings is 2. The van der Waals surface area contributed by atoms with Gasteiger partial charge < -0.3 is 9.73 Å². The van der Waals surface area contributed by atoms with Gasteiger partial charge in [0.2, 0.25) is 5.91 Å². The van der Waals surface area contributed by atoms with Crippen LogP contribution in [0.25, 0.3) is 17.4 Å². The summed E-state index contributed by atoms with van der Waals surface area (Å²) in [6, 6.07) is 12.9. The zero-order valence-electron chi connectivity index (χ0n) is 14.6. The normalized spacial score (nSPS) is 10.8. The highest BCUT2D eigenvalue weighted by Crippen LogP contribution is 2.31. The van der Waals surface area contributed by atoms with Gasteiger partial charge in [0.05, 0.1) is 26.1 Å². The minimum Gasteiger partial charge on any atom is -0.456 e. The van der Waals surface area contributed by atoms with Crippen LogP contribution >= 0.6 is 11.6 Å². The molecule has 1 aromatic heterocycles. The molecule has 0 fully saturated rings. The lowest BCUT2D eigenvalue weighted by atomic mass is 10.1. The lowest BCUT2D eigenvalue weighted by Crippen LogP contribution is -2.08. The molecule has 1 N–H and O–H groups in total. The first-order chi connectivity index (χ1) is 13.8. The van der Waals surface area contributed by atoms with Crippen molar-refractivity contribution in [2.75, 3.05) is 5.32 Å². The molecule has 0 saturated heterocycles. The van der Waals surface area contributed by atoms with Crippen molar-refractivity contribution in [3.05, 3.63) is 91.7 Å². The third-order valence-electron chi connectivity index (χ3n) is 3.81. The lowest BCUT2D eigenvalue weighted by molar-refractivity contribution is -0.384. The van der Waals surface area contributed by atoms with Gasteiger partial charge in [-0.15, -0.1) is 0 Å². The van der Waals surface area contributed by atoms with Gasteiger partial charge in [-0.2, -0.15) is 0 Å². The molecule has 0 radical (unpaired) electrons. The first-order valence-electron chi connectivity index (χ1n) is 8.12. The average molecular weight is 414 g/mol. The Bertz CT molecular complexity index is 1140. The van der Waals surface area contributed by atoms with Crippen LogP contribution in [0.15, 0.2) is 65.1 Å². The molecule has 29 heavy (non-hydrogen) atoms. The molecular weight excluding hydrogens is 402 g/mol. The van der Waals surface area contributed by atoms with Gasteiger partial charge in [-0.25, -0.2) is 0 Å². The Kier molecular flexibility index (Phi) is 5.70. The number of halogens is 1. The van der Waals surface area contributed by atoms with Gasteiger partial charge in [-0.1, -0.05) is 23.7 Å². The maximum absolute atomic E-state index is 12.1. The van der Waals surface area contributed by atoms with Crippen LogP contribution in [-0.2, 0) is 4.79 Å². The Morgan fingerprint density at radius 2 is 1.79 bits per heavy atom. The zero-order chi connectivity index (χ0) is 21.0. The minimum absolute atomic E-state index is 0.0256. The summed E-state index contributed by atoms with van der Waals surface area (Å²) in [5.74, 6) is 0.0586. The summed E-state index contributed by atoms with van der Waals surface area (Å²) in [5, 5.41) is 24.4. The lowest BCUT2D eigenvalue weighted by Gasteiger charge is -2.04. The number of amides is 1. The Morgan fingerprint density at radius 3 is 2.48 bits per heavy atom. The predicted molar refractivity (Wildman–Crippen MR) is 107 cm³/mol. The number of nitro benzene ring substituents is 2. The van der Waals surface area contributed by atoms with E-state index in [-0.39, 0.29) is 27.8 Å². The molecule has 0 unspecified atom stereocenters. The maximum Gasteiger partial charge on any atom is 0.280 e. The number of anilines is 1. The smallest absolute Gasteiger partial charge is 0.280 e. The number of nitrogens with zero attached hydrogens (tertiary/aromatic N) is 2. The number of carbonyl (C=O) groups excluding carboxylic acids is 1. The summed E-state index contributed by atoms with van der Waals surface area (Å²) in [4.78, 5) is 32.8. The van der Waals surface area contributed by atoms with E-state index in [9.17, 15) is 25.0 Å². The summed E-state index contributed by atoms with van der Waals surface area (Å²) < 4.78 is 5.55. The molecule has 0 bridgehead atoms. The molecule has 0 saturated carbocycles. The van der Waals surface area contributed by atoms with Crippen molar-refractivity contribution in [3.8, 4) is 11.3 Å². The van der Waals surface area contributed by atoms with Crippen molar-refractivity contribution in [1.82, 2.24) is 0 Å². The van der Waals surface area contributed by atoms with Crippen molar-refractivity contribution in [3.63, 3.8) is 0 Å². The molecule has 0 atom stereocenters. The van der Waals surface area contributed by atoms with Crippen LogP contribution in [0.4, 0.5) is 17.1 Å². The molecule has 146 valence electrons. The number of nitrogens with one attached hydrogen (secondary N) is 1. The summed E-state index contributed by atoms with van der Waals surface area (Å²) in [7, 11) is 0. The second kappa shape index (κ2) is 8.36. The Labute approximate surface area is 168 Å². The van der Waals surface area contributed by atoms with Gasteiger partial charge >= 0.3 is 0 Å². The number of rotatable bonds is 6. The van der Waals surface area contributed by atoms with E-state index in [2.05, 4.69) is 5.32 Å². The molecule has 0 aliphatic rings. The van der Waals surface area contributed by atoms with Gasteiger partial charge in [0.25, 0.3) is 11.4 Å². The fourth-order valence-electron chi connectivity index (χ4n) is 2.48. The standard InChI is InChI=1S/C19H12ClN3O6/c20-15-11-12(22(25)26)5-8-16(15)21-19(24)10-7-13-6-9-18(29-13)14-3-1-2-4-17(14)23(27)28/h1-11H,(H,21,24)/b10-7+. The van der Waals surface area contributed by atoms with Gasteiger partial charge in [0, 0.05) is 24.3 Å². The Morgan fingerprint density at radius 1 is 1.03 bits per heavy atom. The Hall–Kier alpha value is -3.98. The maximum atomic E-state index is 12.1. The predicted octanol–water partition coefficient (Wildman–Crippen LogP) is 5.07. The van der Waals surface area contributed by atoms with Gasteiger partial charge in [0.1, 0.15) is 11.5 Å². The van der Waals surface area contributed by atoms with Crippen LogP contribution in [0.1, 0.15) is 5.76 Å². The number of non-ortho nitro benzene ring substituents is 1. The van der Waals surface area contributed by atoms with E-state index >= 15 is 0 Å². The van der Waals surface area contributed by atoms with E-state index in [1.807, 2.05) is 0 Å². The van der Waals surface area contributed by atoms with Gasteiger partial charge in [-0.05, 0) is 30.3 Å². The first kappa shape index (κ1) is 19.8. The molecule has 0 spiro atoms. The number of hydrogen-bond acceptors (Lipinski definition) is 6. The molecule has 2 aromatic carbocycles. The third-order valence-corrected chi connectivity index (χ3v) is 4.13. The number of hydrogen-bond donors (Lipinski definition) is 1. The molecule has 10 heteroatoms. The van der Waals surface area contributed by atoms with Crippen molar-refractivity contribution in [2.24, 2.45) is 0 Å². The SMILES string of the molecule is O=C(/C=C/c1ccc(-c2ccccc2[N+](=O)[O-])o1)Nc1ccc([N+](=O)[O-])cc1Cl. The van der Waals surface area contributed by atoms with E-state index < -0.39 is 15.8 Å². The number of nitro groups is 2. The van der Waals surface area contributed by atoms with Crippen LogP contribution in [-0.4, -0.2) is 15.8 Å². The van der Waals surface area contributed by atoms with Gasteiger partial charge in [-0.3, -0.25) is 25.0 Å². The van der Waals surface area contributed by atoms with Crippen LogP contribution < -0.4 is 5.32 Å². The molecular formula is C19H12ClN3O6. The van der Waals surface area contributed by atoms with E-state index in [1.54, 1.807) is 30.3 Å². The second-order valence-electron chi connectivity index (χ2n) is 5.72. The second-order valence-corrected chi connectivity index (χ2v) is 6.13. The fourth-order valence-corrected chi connectivity index (χ4v) is 2.70. The quantitative estimate of drug-likeness (QED) is 0.341. The van der Waals surface area contributed by atoms with Crippen LogP contribution in [0.3, 0.4) is 0 Å². The monoisotopic (exact) mass is 413 g/mol. The topological polar surface area (TPSA) is 129 Å². The van der Waals surface area contributed by atoms with Crippen molar-refractivity contribution in [2.45, 2.75) is 0 Å². The summed E-state index contributed by atoms with van der Waals surface area (Å²) in [6.45, 7) is 0. The van der Waals surface area contributed by atoms with Crippen molar-refractivity contribution >= 4 is 40.6 Å². The molecule has 3 rings (SSSR count). The highest BCUT2D eigenvalue weighted by Gasteiger charge is 2.17. The minimum atomic E-state index is -0.594. The summed E-state index contributed by atoms with van der Waals surface area (Å²) >= 11 is 5.93. The van der Waals surface area contributed by atoms with E-state index in [0.717, 1.165) is 6.07 Å². The Balaban J connectivity index is 1.72. The van der Waals surface area contributed by atoms with E-state index in [1.165, 1.54) is 30.4 Å². The largest absolute Gasteiger partial charge is 0.456 e. The number of carbonyl (C=O) groups is 1. The van der Waals surface area contributed by atoms with Crippen molar-refractivity contribution in [1.29, 1.82) is 0 Å². The highest BCUT2D eigenvalue weighted by molar-refractivity contribution is 6.34. The van der Waals surface area contributed by atoms with E-state index in [0.29, 0.717) is 11.3 Å². The van der Waals surface area contributed by atoms with Crippen LogP contribution in [0, 0.1) is 20.2 Å². The fraction of sp³-hybridized carbons (Fsp3) is 0. The summed E-state index contributed by atoms with van der Waals surface area (Å²) in [5.41, 5.74) is 0.246. The van der Waals surface area contributed by atoms with Crippen LogP contribution in [0.2, 0.25) is 5.02 Å². The molecule has 0 aliphatic carbocycles. The molecule has 1 heterocycles. The van der Waals surface area contributed by atoms with E-state index in [4.69, 9.17) is 16.0 Å². The molecule has 9 nitrogen and oxygen atoms in total. The van der Waals surface area contributed by atoms with Crippen molar-refractivity contribution < 1.29 is 19.1 Å². The van der Waals surface area contributed by atoms with Gasteiger partial charge in [0.15, 0.2) is 0 Å². The van der Waals surface area contributed by atoms with Crippen LogP contribution in [0.5, 0.6) is 0 Å². The first-order valence-corrected chi connectivity index (χ1v) is 8.49.